The summed E-state index contributed by atoms with van der Waals surface area (Å²) in [4.78, 5) is 1.18. The van der Waals surface area contributed by atoms with Crippen molar-refractivity contribution in [3.63, 3.8) is 0 Å². The van der Waals surface area contributed by atoms with E-state index >= 15 is 0 Å². The molecule has 0 fully saturated rings. The maximum Gasteiger partial charge on any atom is 0.153 e. The highest BCUT2D eigenvalue weighted by molar-refractivity contribution is 7.23. The van der Waals surface area contributed by atoms with Crippen LogP contribution < -0.4 is 9.47 Å². The first kappa shape index (κ1) is 21.1. The molecule has 3 heteroatoms. The van der Waals surface area contributed by atoms with Crippen LogP contribution >= 0.6 is 11.3 Å². The molecule has 2 nitrogen and oxygen atoms in total. The van der Waals surface area contributed by atoms with Crippen LogP contribution in [-0.2, 0) is 0 Å². The van der Waals surface area contributed by atoms with E-state index in [2.05, 4.69) is 115 Å². The van der Waals surface area contributed by atoms with Crippen LogP contribution in [0.25, 0.3) is 64.7 Å². The average molecular weight is 517 g/mol. The molecule has 0 atom stereocenters. The molecule has 2 aliphatic rings. The summed E-state index contributed by atoms with van der Waals surface area (Å²) in [5.41, 5.74) is 8.28. The molecule has 6 aromatic carbocycles. The molecule has 2 aliphatic heterocycles. The van der Waals surface area contributed by atoms with Gasteiger partial charge in [0.15, 0.2) is 5.75 Å². The number of thiophene rings is 1. The Hall–Kier alpha value is -4.86. The monoisotopic (exact) mass is 516 g/mol. The highest BCUT2D eigenvalue weighted by Crippen LogP contribution is 2.58. The van der Waals surface area contributed by atoms with Gasteiger partial charge in [0.25, 0.3) is 0 Å². The van der Waals surface area contributed by atoms with Crippen LogP contribution in [0.3, 0.4) is 0 Å². The van der Waals surface area contributed by atoms with E-state index in [0.717, 1.165) is 50.3 Å². The molecule has 0 spiro atoms. The SMILES string of the molecule is c1ccc(-c2ccc3c(c2)Oc2ccc4c5c(ccc-3c25)Oc2c-4sc3cc(-c4ccccc4)ccc23)cc1. The van der Waals surface area contributed by atoms with E-state index < -0.39 is 0 Å². The van der Waals surface area contributed by atoms with Crippen LogP contribution in [0.5, 0.6) is 23.0 Å². The molecule has 0 aliphatic carbocycles. The fraction of sp³-hybridized carbons (Fsp3) is 0. The summed E-state index contributed by atoms with van der Waals surface area (Å²) in [6.07, 6.45) is 0. The molecule has 1 aromatic heterocycles. The minimum Gasteiger partial charge on any atom is -0.456 e. The van der Waals surface area contributed by atoms with Crippen molar-refractivity contribution in [1.29, 1.82) is 0 Å². The molecule has 7 aromatic rings. The number of rotatable bonds is 2. The van der Waals surface area contributed by atoms with Crippen molar-refractivity contribution in [1.82, 2.24) is 0 Å². The summed E-state index contributed by atoms with van der Waals surface area (Å²) in [5.74, 6) is 3.61. The first-order valence-electron chi connectivity index (χ1n) is 13.1. The molecular formula is C36H20O2S. The Bertz CT molecular complexity index is 2110. The van der Waals surface area contributed by atoms with Crippen molar-refractivity contribution in [3.8, 4) is 66.8 Å². The van der Waals surface area contributed by atoms with Gasteiger partial charge in [0.05, 0.1) is 4.88 Å². The summed E-state index contributed by atoms with van der Waals surface area (Å²) >= 11 is 1.80. The van der Waals surface area contributed by atoms with Crippen LogP contribution in [0, 0.1) is 0 Å². The molecule has 0 unspecified atom stereocenters. The van der Waals surface area contributed by atoms with Gasteiger partial charge in [0.2, 0.25) is 0 Å². The Balaban J connectivity index is 1.22. The Morgan fingerprint density at radius 1 is 0.436 bits per heavy atom. The maximum absolute atomic E-state index is 6.65. The standard InChI is InChI=1S/C36H20O2S/c1-3-7-21(8-4-1)23-11-13-25-26-15-17-30-34-28(16-18-29(33(26)34)37-31(25)19-23)36-35(38-30)27-14-12-24(20-32(27)39-36)22-9-5-2-6-10-22/h1-20H. The number of fused-ring (bicyclic) bond motifs is 6. The molecule has 0 saturated heterocycles. The zero-order valence-corrected chi connectivity index (χ0v) is 21.6. The average Bonchev–Trinajstić information content (AvgIpc) is 3.37. The van der Waals surface area contributed by atoms with Crippen LogP contribution in [0.2, 0.25) is 0 Å². The van der Waals surface area contributed by atoms with E-state index in [-0.39, 0.29) is 0 Å². The lowest BCUT2D eigenvalue weighted by molar-refractivity contribution is 0.483. The molecule has 182 valence electrons. The van der Waals surface area contributed by atoms with Crippen molar-refractivity contribution in [2.24, 2.45) is 0 Å². The third-order valence-electron chi connectivity index (χ3n) is 7.89. The normalized spacial score (nSPS) is 12.5. The number of ether oxygens (including phenoxy) is 2. The van der Waals surface area contributed by atoms with Gasteiger partial charge in [0.1, 0.15) is 17.2 Å². The zero-order valence-electron chi connectivity index (χ0n) is 20.8. The third kappa shape index (κ3) is 3.02. The lowest BCUT2D eigenvalue weighted by Crippen LogP contribution is -2.01. The summed E-state index contributed by atoms with van der Waals surface area (Å²) in [5, 5.41) is 3.41. The minimum atomic E-state index is 0.878. The van der Waals surface area contributed by atoms with Gasteiger partial charge in [-0.2, -0.15) is 0 Å². The van der Waals surface area contributed by atoms with Gasteiger partial charge in [-0.25, -0.2) is 0 Å². The Kier molecular flexibility index (Phi) is 4.24. The van der Waals surface area contributed by atoms with Crippen LogP contribution in [0.15, 0.2) is 121 Å². The smallest absolute Gasteiger partial charge is 0.153 e. The van der Waals surface area contributed by atoms with E-state index in [1.54, 1.807) is 11.3 Å². The molecule has 3 heterocycles. The topological polar surface area (TPSA) is 18.5 Å². The highest BCUT2D eigenvalue weighted by atomic mass is 32.1. The first-order valence-corrected chi connectivity index (χ1v) is 13.9. The predicted molar refractivity (Wildman–Crippen MR) is 161 cm³/mol. The fourth-order valence-electron chi connectivity index (χ4n) is 6.05. The second kappa shape index (κ2) is 7.83. The molecule has 39 heavy (non-hydrogen) atoms. The Morgan fingerprint density at radius 3 is 1.82 bits per heavy atom. The molecule has 0 radical (unpaired) electrons. The van der Waals surface area contributed by atoms with Crippen molar-refractivity contribution >= 4 is 32.2 Å². The van der Waals surface area contributed by atoms with Crippen molar-refractivity contribution in [2.75, 3.05) is 0 Å². The predicted octanol–water partition coefficient (Wildman–Crippen LogP) is 10.9. The second-order valence-electron chi connectivity index (χ2n) is 10.1. The van der Waals surface area contributed by atoms with Gasteiger partial charge in [-0.15, -0.1) is 11.3 Å². The number of hydrogen-bond acceptors (Lipinski definition) is 3. The van der Waals surface area contributed by atoms with E-state index in [9.17, 15) is 0 Å². The van der Waals surface area contributed by atoms with Gasteiger partial charge < -0.3 is 9.47 Å². The summed E-state index contributed by atoms with van der Waals surface area (Å²) in [6.45, 7) is 0. The van der Waals surface area contributed by atoms with Gasteiger partial charge in [-0.3, -0.25) is 0 Å². The Morgan fingerprint density at radius 2 is 1.05 bits per heavy atom. The van der Waals surface area contributed by atoms with E-state index in [1.165, 1.54) is 37.4 Å². The van der Waals surface area contributed by atoms with Gasteiger partial charge >= 0.3 is 0 Å². The Labute approximate surface area is 229 Å². The fourth-order valence-corrected chi connectivity index (χ4v) is 7.25. The molecular weight excluding hydrogens is 496 g/mol. The summed E-state index contributed by atoms with van der Waals surface area (Å²) in [6, 6.07) is 42.8. The molecule has 0 bridgehead atoms. The number of benzene rings is 6. The van der Waals surface area contributed by atoms with Crippen LogP contribution in [0.1, 0.15) is 0 Å². The molecule has 0 saturated carbocycles. The maximum atomic E-state index is 6.65. The lowest BCUT2D eigenvalue weighted by Gasteiger charge is -2.26. The first-order chi connectivity index (χ1) is 19.3. The second-order valence-corrected chi connectivity index (χ2v) is 11.1. The van der Waals surface area contributed by atoms with Gasteiger partial charge in [-0.05, 0) is 76.3 Å². The van der Waals surface area contributed by atoms with Gasteiger partial charge in [0, 0.05) is 32.0 Å². The summed E-state index contributed by atoms with van der Waals surface area (Å²) < 4.78 is 14.4. The summed E-state index contributed by atoms with van der Waals surface area (Å²) in [7, 11) is 0. The molecule has 9 rings (SSSR count). The van der Waals surface area contributed by atoms with Crippen LogP contribution in [0.4, 0.5) is 0 Å². The minimum absolute atomic E-state index is 0.878. The van der Waals surface area contributed by atoms with E-state index in [4.69, 9.17) is 9.47 Å². The van der Waals surface area contributed by atoms with Gasteiger partial charge in [-0.1, -0.05) is 72.8 Å². The number of hydrogen-bond donors (Lipinski definition) is 0. The van der Waals surface area contributed by atoms with Crippen molar-refractivity contribution < 1.29 is 9.47 Å². The van der Waals surface area contributed by atoms with Crippen LogP contribution in [-0.4, -0.2) is 0 Å². The third-order valence-corrected chi connectivity index (χ3v) is 9.06. The van der Waals surface area contributed by atoms with Crippen molar-refractivity contribution in [2.45, 2.75) is 0 Å². The zero-order chi connectivity index (χ0) is 25.5. The quantitative estimate of drug-likeness (QED) is 0.227. The van der Waals surface area contributed by atoms with E-state index in [0.29, 0.717) is 0 Å². The largest absolute Gasteiger partial charge is 0.456 e. The highest BCUT2D eigenvalue weighted by Gasteiger charge is 2.30. The lowest BCUT2D eigenvalue weighted by atomic mass is 9.89. The molecule has 0 N–H and O–H groups in total. The van der Waals surface area contributed by atoms with E-state index in [1.807, 2.05) is 6.07 Å². The van der Waals surface area contributed by atoms with Crippen molar-refractivity contribution in [3.05, 3.63) is 121 Å². The molecule has 0 amide bonds.